The molecule has 0 spiro atoms. The van der Waals surface area contributed by atoms with E-state index in [0.717, 1.165) is 48.1 Å². The van der Waals surface area contributed by atoms with Crippen molar-refractivity contribution in [3.8, 4) is 5.75 Å². The average molecular weight is 428 g/mol. The van der Waals surface area contributed by atoms with E-state index in [1.807, 2.05) is 36.1 Å². The summed E-state index contributed by atoms with van der Waals surface area (Å²) >= 11 is 3.47. The molecule has 1 aromatic heterocycles. The van der Waals surface area contributed by atoms with Gasteiger partial charge in [0.05, 0.1) is 23.2 Å². The summed E-state index contributed by atoms with van der Waals surface area (Å²) in [6, 6.07) is 14.2. The first-order valence-corrected chi connectivity index (χ1v) is 11.9. The molecule has 29 heavy (non-hydrogen) atoms. The first-order chi connectivity index (χ1) is 14.2. The number of para-hydroxylation sites is 1. The summed E-state index contributed by atoms with van der Waals surface area (Å²) in [4.78, 5) is 23.1. The Morgan fingerprint density at radius 1 is 1.14 bits per heavy atom. The highest BCUT2D eigenvalue weighted by Gasteiger charge is 2.23. The van der Waals surface area contributed by atoms with E-state index in [1.165, 1.54) is 9.60 Å². The molecule has 0 N–H and O–H groups in total. The second kappa shape index (κ2) is 9.05. The number of rotatable bonds is 6. The van der Waals surface area contributed by atoms with Crippen LogP contribution in [-0.2, 0) is 11.2 Å². The van der Waals surface area contributed by atoms with Crippen molar-refractivity contribution in [1.82, 2.24) is 9.88 Å². The van der Waals surface area contributed by atoms with E-state index in [4.69, 9.17) is 9.72 Å². The lowest BCUT2D eigenvalue weighted by atomic mass is 10.1. The highest BCUT2D eigenvalue weighted by Crippen LogP contribution is 2.34. The molecule has 0 bridgehead atoms. The van der Waals surface area contributed by atoms with Gasteiger partial charge in [-0.3, -0.25) is 4.79 Å². The van der Waals surface area contributed by atoms with Crippen molar-refractivity contribution in [2.24, 2.45) is 0 Å². The van der Waals surface area contributed by atoms with Crippen LogP contribution in [0.2, 0.25) is 0 Å². The number of thioether (sulfide) groups is 1. The van der Waals surface area contributed by atoms with E-state index >= 15 is 0 Å². The van der Waals surface area contributed by atoms with Gasteiger partial charge in [-0.05, 0) is 43.0 Å². The zero-order valence-electron chi connectivity index (χ0n) is 16.8. The van der Waals surface area contributed by atoms with Crippen LogP contribution in [0.1, 0.15) is 12.5 Å². The van der Waals surface area contributed by atoms with E-state index in [1.54, 1.807) is 23.1 Å². The quantitative estimate of drug-likeness (QED) is 0.549. The minimum Gasteiger partial charge on any atom is -0.494 e. The summed E-state index contributed by atoms with van der Waals surface area (Å²) in [7, 11) is 0. The number of anilines is 1. The molecule has 2 heterocycles. The summed E-state index contributed by atoms with van der Waals surface area (Å²) in [5, 5.41) is 1.06. The van der Waals surface area contributed by atoms with Crippen molar-refractivity contribution in [3.05, 3.63) is 48.0 Å². The summed E-state index contributed by atoms with van der Waals surface area (Å²) in [5.74, 6) is 1.03. The molecule has 0 unspecified atom stereocenters. The van der Waals surface area contributed by atoms with Gasteiger partial charge >= 0.3 is 0 Å². The molecule has 4 rings (SSSR count). The Morgan fingerprint density at radius 2 is 1.90 bits per heavy atom. The molecule has 2 aromatic carbocycles. The number of hydrogen-bond donors (Lipinski definition) is 0. The molecular formula is C22H25N3O2S2. The molecule has 0 radical (unpaired) electrons. The number of thiazole rings is 1. The molecule has 3 aromatic rings. The topological polar surface area (TPSA) is 45.7 Å². The minimum atomic E-state index is 0.183. The highest BCUT2D eigenvalue weighted by molar-refractivity contribution is 7.98. The van der Waals surface area contributed by atoms with E-state index in [0.29, 0.717) is 13.0 Å². The Bertz CT molecular complexity index is 979. The average Bonchev–Trinajstić information content (AvgIpc) is 3.20. The Kier molecular flexibility index (Phi) is 6.25. The lowest BCUT2D eigenvalue weighted by Gasteiger charge is -2.34. The predicted molar refractivity (Wildman–Crippen MR) is 122 cm³/mol. The second-order valence-electron chi connectivity index (χ2n) is 6.93. The van der Waals surface area contributed by atoms with Crippen molar-refractivity contribution in [2.45, 2.75) is 18.2 Å². The van der Waals surface area contributed by atoms with Crippen molar-refractivity contribution < 1.29 is 9.53 Å². The number of amides is 1. The van der Waals surface area contributed by atoms with Crippen molar-refractivity contribution in [2.75, 3.05) is 43.9 Å². The maximum atomic E-state index is 12.7. The summed E-state index contributed by atoms with van der Waals surface area (Å²) in [6.45, 7) is 5.73. The smallest absolute Gasteiger partial charge is 0.227 e. The number of nitrogens with zero attached hydrogens (tertiary/aromatic N) is 3. The van der Waals surface area contributed by atoms with E-state index < -0.39 is 0 Å². The van der Waals surface area contributed by atoms with Gasteiger partial charge in [-0.25, -0.2) is 4.98 Å². The molecule has 0 aliphatic carbocycles. The van der Waals surface area contributed by atoms with E-state index in [9.17, 15) is 4.79 Å². The van der Waals surface area contributed by atoms with Crippen LogP contribution in [0.25, 0.3) is 10.2 Å². The minimum absolute atomic E-state index is 0.183. The van der Waals surface area contributed by atoms with Gasteiger partial charge in [-0.2, -0.15) is 0 Å². The molecule has 1 fully saturated rings. The van der Waals surface area contributed by atoms with Gasteiger partial charge in [0.2, 0.25) is 5.91 Å². The number of hydrogen-bond acceptors (Lipinski definition) is 6. The summed E-state index contributed by atoms with van der Waals surface area (Å²) < 4.78 is 6.69. The molecule has 1 aliphatic rings. The molecule has 1 aliphatic heterocycles. The van der Waals surface area contributed by atoms with Crippen molar-refractivity contribution in [3.63, 3.8) is 0 Å². The third-order valence-electron chi connectivity index (χ3n) is 5.08. The van der Waals surface area contributed by atoms with Crippen LogP contribution in [0.4, 0.5) is 5.13 Å². The number of fused-ring (bicyclic) bond motifs is 1. The van der Waals surface area contributed by atoms with Gasteiger partial charge in [-0.15, -0.1) is 11.8 Å². The van der Waals surface area contributed by atoms with Gasteiger partial charge in [-0.1, -0.05) is 29.5 Å². The number of carbonyl (C=O) groups is 1. The van der Waals surface area contributed by atoms with Gasteiger partial charge in [0.15, 0.2) is 5.13 Å². The first kappa shape index (κ1) is 20.0. The highest BCUT2D eigenvalue weighted by atomic mass is 32.2. The lowest BCUT2D eigenvalue weighted by molar-refractivity contribution is -0.130. The van der Waals surface area contributed by atoms with Gasteiger partial charge in [0.1, 0.15) is 5.75 Å². The van der Waals surface area contributed by atoms with Crippen LogP contribution in [0.15, 0.2) is 47.4 Å². The molecule has 7 heteroatoms. The number of carbonyl (C=O) groups excluding carboxylic acids is 1. The van der Waals surface area contributed by atoms with Crippen LogP contribution in [0.3, 0.4) is 0 Å². The third-order valence-corrected chi connectivity index (χ3v) is 6.93. The van der Waals surface area contributed by atoms with E-state index in [-0.39, 0.29) is 5.91 Å². The first-order valence-electron chi connectivity index (χ1n) is 9.86. The molecule has 1 amide bonds. The van der Waals surface area contributed by atoms with Crippen LogP contribution in [-0.4, -0.2) is 54.8 Å². The predicted octanol–water partition coefficient (Wildman–Crippen LogP) is 4.31. The Morgan fingerprint density at radius 3 is 2.59 bits per heavy atom. The van der Waals surface area contributed by atoms with Crippen molar-refractivity contribution >= 4 is 44.4 Å². The van der Waals surface area contributed by atoms with Gasteiger partial charge in [0, 0.05) is 31.1 Å². The molecule has 1 saturated heterocycles. The van der Waals surface area contributed by atoms with Gasteiger partial charge in [0.25, 0.3) is 0 Å². The number of aromatic nitrogens is 1. The Balaban J connectivity index is 1.36. The fourth-order valence-corrected chi connectivity index (χ4v) is 5.19. The Hall–Kier alpha value is -2.25. The fourth-order valence-electron chi connectivity index (χ4n) is 3.52. The second-order valence-corrected chi connectivity index (χ2v) is 8.78. The summed E-state index contributed by atoms with van der Waals surface area (Å²) in [6.07, 6.45) is 2.52. The molecular weight excluding hydrogens is 402 g/mol. The van der Waals surface area contributed by atoms with Crippen LogP contribution in [0.5, 0.6) is 5.75 Å². The zero-order valence-corrected chi connectivity index (χ0v) is 18.4. The van der Waals surface area contributed by atoms with Crippen LogP contribution < -0.4 is 9.64 Å². The maximum absolute atomic E-state index is 12.7. The third kappa shape index (κ3) is 4.51. The number of ether oxygens (including phenoxy) is 1. The number of benzene rings is 2. The van der Waals surface area contributed by atoms with Crippen LogP contribution in [0, 0.1) is 0 Å². The molecule has 152 valence electrons. The molecule has 5 nitrogen and oxygen atoms in total. The fraction of sp³-hybridized carbons (Fsp3) is 0.364. The maximum Gasteiger partial charge on any atom is 0.227 e. The standard InChI is InChI=1S/C22H25N3O2S2/c1-3-27-17-9-7-16(8-10-17)15-20(26)24-11-13-25(14-12-24)22-23-21-18(28-2)5-4-6-19(21)29-22/h4-10H,3,11-15H2,1-2H3. The monoisotopic (exact) mass is 427 g/mol. The SMILES string of the molecule is CCOc1ccc(CC(=O)N2CCN(c3nc4c(SC)cccc4s3)CC2)cc1. The normalized spacial score (nSPS) is 14.4. The largest absolute Gasteiger partial charge is 0.494 e. The molecule has 0 atom stereocenters. The van der Waals surface area contributed by atoms with Gasteiger partial charge < -0.3 is 14.5 Å². The van der Waals surface area contributed by atoms with Crippen molar-refractivity contribution in [1.29, 1.82) is 0 Å². The molecule has 0 saturated carbocycles. The number of piperazine rings is 1. The van der Waals surface area contributed by atoms with Crippen LogP contribution >= 0.6 is 23.1 Å². The Labute approximate surface area is 179 Å². The zero-order chi connectivity index (χ0) is 20.2. The van der Waals surface area contributed by atoms with E-state index in [2.05, 4.69) is 29.4 Å². The lowest BCUT2D eigenvalue weighted by Crippen LogP contribution is -2.49. The summed E-state index contributed by atoms with van der Waals surface area (Å²) in [5.41, 5.74) is 2.12.